The molecule has 1 saturated carbocycles. The minimum absolute atomic E-state index is 0.00117. The molecule has 0 bridgehead atoms. The lowest BCUT2D eigenvalue weighted by molar-refractivity contribution is -0.136. The van der Waals surface area contributed by atoms with Gasteiger partial charge in [0.05, 0.1) is 6.10 Å². The van der Waals surface area contributed by atoms with Gasteiger partial charge in [-0.15, -0.1) is 0 Å². The Hall–Kier alpha value is -1.88. The van der Waals surface area contributed by atoms with Gasteiger partial charge in [0.2, 0.25) is 5.91 Å². The summed E-state index contributed by atoms with van der Waals surface area (Å²) in [4.78, 5) is 17.7. The number of piperidine rings is 1. The third-order valence-electron chi connectivity index (χ3n) is 5.68. The Balaban J connectivity index is 1.44. The van der Waals surface area contributed by atoms with Gasteiger partial charge in [0.15, 0.2) is 0 Å². The molecule has 0 spiro atoms. The van der Waals surface area contributed by atoms with E-state index in [0.717, 1.165) is 55.2 Å². The molecule has 2 aromatic rings. The zero-order chi connectivity index (χ0) is 16.7. The van der Waals surface area contributed by atoms with E-state index in [1.807, 2.05) is 11.1 Å². The Labute approximate surface area is 140 Å². The fourth-order valence-electron chi connectivity index (χ4n) is 4.30. The third-order valence-corrected chi connectivity index (χ3v) is 5.68. The molecule has 1 saturated heterocycles. The van der Waals surface area contributed by atoms with Gasteiger partial charge in [0.1, 0.15) is 5.82 Å². The van der Waals surface area contributed by atoms with Gasteiger partial charge in [-0.25, -0.2) is 4.39 Å². The van der Waals surface area contributed by atoms with Gasteiger partial charge in [0, 0.05) is 36.1 Å². The number of H-pyrrole nitrogens is 1. The number of carbonyl (C=O) groups is 1. The van der Waals surface area contributed by atoms with Crippen molar-refractivity contribution in [2.75, 3.05) is 13.1 Å². The zero-order valence-corrected chi connectivity index (χ0v) is 13.7. The van der Waals surface area contributed by atoms with Gasteiger partial charge in [-0.1, -0.05) is 0 Å². The molecule has 1 amide bonds. The van der Waals surface area contributed by atoms with Gasteiger partial charge < -0.3 is 15.0 Å². The summed E-state index contributed by atoms with van der Waals surface area (Å²) in [6, 6.07) is 4.84. The molecule has 1 aliphatic heterocycles. The van der Waals surface area contributed by atoms with Crippen LogP contribution in [0.1, 0.15) is 43.6 Å². The Morgan fingerprint density at radius 2 is 2.00 bits per heavy atom. The number of carbonyl (C=O) groups excluding carboxylic acids is 1. The highest BCUT2D eigenvalue weighted by Gasteiger charge is 2.33. The van der Waals surface area contributed by atoms with Crippen molar-refractivity contribution in [1.82, 2.24) is 9.88 Å². The molecule has 24 heavy (non-hydrogen) atoms. The minimum atomic E-state index is -0.308. The van der Waals surface area contributed by atoms with Crippen LogP contribution in [0.4, 0.5) is 4.39 Å². The van der Waals surface area contributed by atoms with Crippen molar-refractivity contribution in [1.29, 1.82) is 0 Å². The Morgan fingerprint density at radius 3 is 2.71 bits per heavy atom. The van der Waals surface area contributed by atoms with E-state index in [-0.39, 0.29) is 23.7 Å². The normalized spacial score (nSPS) is 25.5. The van der Waals surface area contributed by atoms with Crippen LogP contribution in [-0.2, 0) is 4.79 Å². The van der Waals surface area contributed by atoms with E-state index in [1.165, 1.54) is 6.07 Å². The molecule has 2 atom stereocenters. The second-order valence-electron chi connectivity index (χ2n) is 7.20. The van der Waals surface area contributed by atoms with E-state index in [0.29, 0.717) is 12.3 Å². The van der Waals surface area contributed by atoms with Gasteiger partial charge in [-0.05, 0) is 61.8 Å². The predicted molar refractivity (Wildman–Crippen MR) is 90.2 cm³/mol. The maximum atomic E-state index is 13.5. The molecule has 1 aliphatic carbocycles. The van der Waals surface area contributed by atoms with Crippen LogP contribution in [0.15, 0.2) is 24.4 Å². The van der Waals surface area contributed by atoms with Crippen LogP contribution in [0.25, 0.3) is 10.9 Å². The van der Waals surface area contributed by atoms with E-state index >= 15 is 0 Å². The molecule has 0 unspecified atom stereocenters. The molecule has 2 fully saturated rings. The smallest absolute Gasteiger partial charge is 0.225 e. The minimum Gasteiger partial charge on any atom is -0.393 e. The molecule has 2 N–H and O–H groups in total. The van der Waals surface area contributed by atoms with Crippen molar-refractivity contribution in [3.8, 4) is 0 Å². The number of likely N-dealkylation sites (tertiary alicyclic amines) is 1. The second-order valence-corrected chi connectivity index (χ2v) is 7.20. The molecule has 4 nitrogen and oxygen atoms in total. The number of aliphatic hydroxyl groups excluding tert-OH is 1. The van der Waals surface area contributed by atoms with Crippen molar-refractivity contribution in [3.63, 3.8) is 0 Å². The lowest BCUT2D eigenvalue weighted by Gasteiger charge is -2.33. The number of nitrogens with zero attached hydrogens (tertiary/aromatic N) is 1. The first kappa shape index (κ1) is 15.6. The summed E-state index contributed by atoms with van der Waals surface area (Å²) in [5, 5.41) is 10.6. The van der Waals surface area contributed by atoms with Gasteiger partial charge >= 0.3 is 0 Å². The highest BCUT2D eigenvalue weighted by molar-refractivity contribution is 5.84. The summed E-state index contributed by atoms with van der Waals surface area (Å²) in [6.45, 7) is 1.50. The number of amides is 1. The Kier molecular flexibility index (Phi) is 4.04. The zero-order valence-electron chi connectivity index (χ0n) is 13.7. The number of nitrogens with one attached hydrogen (secondary N) is 1. The van der Waals surface area contributed by atoms with Gasteiger partial charge in [0.25, 0.3) is 0 Å². The van der Waals surface area contributed by atoms with E-state index in [9.17, 15) is 14.3 Å². The number of rotatable bonds is 2. The number of fused-ring (bicyclic) bond motifs is 1. The first-order valence-electron chi connectivity index (χ1n) is 8.85. The monoisotopic (exact) mass is 330 g/mol. The van der Waals surface area contributed by atoms with E-state index in [2.05, 4.69) is 4.98 Å². The Bertz CT molecular complexity index is 749. The number of benzene rings is 1. The van der Waals surface area contributed by atoms with Crippen LogP contribution in [0.5, 0.6) is 0 Å². The second kappa shape index (κ2) is 6.20. The number of aromatic nitrogens is 1. The molecular formula is C19H23FN2O2. The number of hydrogen-bond acceptors (Lipinski definition) is 2. The summed E-state index contributed by atoms with van der Waals surface area (Å²) in [5.74, 6) is 0.350. The topological polar surface area (TPSA) is 56.3 Å². The fraction of sp³-hybridized carbons (Fsp3) is 0.526. The molecule has 2 heterocycles. The van der Waals surface area contributed by atoms with E-state index in [1.54, 1.807) is 12.1 Å². The molecule has 5 heteroatoms. The number of hydrogen-bond donors (Lipinski definition) is 2. The molecule has 4 rings (SSSR count). The average Bonchev–Trinajstić information content (AvgIpc) is 3.20. The average molecular weight is 330 g/mol. The van der Waals surface area contributed by atoms with Crippen LogP contribution < -0.4 is 0 Å². The lowest BCUT2D eigenvalue weighted by Crippen LogP contribution is -2.41. The molecule has 1 aromatic heterocycles. The summed E-state index contributed by atoms with van der Waals surface area (Å²) in [6.07, 6.45) is 5.65. The fourth-order valence-corrected chi connectivity index (χ4v) is 4.30. The lowest BCUT2D eigenvalue weighted by atomic mass is 9.88. The summed E-state index contributed by atoms with van der Waals surface area (Å²) in [7, 11) is 0. The maximum Gasteiger partial charge on any atom is 0.225 e. The SMILES string of the molecule is O=C([C@@H]1CC[C@@H](O)C1)N1CCC(c2c[nH]c3ccc(F)cc23)CC1. The van der Waals surface area contributed by atoms with Crippen molar-refractivity contribution < 1.29 is 14.3 Å². The van der Waals surface area contributed by atoms with Crippen molar-refractivity contribution in [3.05, 3.63) is 35.8 Å². The third kappa shape index (κ3) is 2.81. The van der Waals surface area contributed by atoms with E-state index in [4.69, 9.17) is 0 Å². The largest absolute Gasteiger partial charge is 0.393 e. The quantitative estimate of drug-likeness (QED) is 0.888. The summed E-state index contributed by atoms with van der Waals surface area (Å²) in [5.41, 5.74) is 2.12. The molecular weight excluding hydrogens is 307 g/mol. The first-order chi connectivity index (χ1) is 11.6. The van der Waals surface area contributed by atoms with Crippen LogP contribution in [0.2, 0.25) is 0 Å². The highest BCUT2D eigenvalue weighted by atomic mass is 19.1. The van der Waals surface area contributed by atoms with Gasteiger partial charge in [-0.3, -0.25) is 4.79 Å². The van der Waals surface area contributed by atoms with Crippen LogP contribution in [0.3, 0.4) is 0 Å². The van der Waals surface area contributed by atoms with Crippen molar-refractivity contribution in [2.24, 2.45) is 5.92 Å². The molecule has 1 aromatic carbocycles. The Morgan fingerprint density at radius 1 is 1.21 bits per heavy atom. The highest BCUT2D eigenvalue weighted by Crippen LogP contribution is 2.35. The maximum absolute atomic E-state index is 13.5. The standard InChI is InChI=1S/C19H23FN2O2/c20-14-2-4-18-16(10-14)17(11-21-18)12-5-7-22(8-6-12)19(24)13-1-3-15(23)9-13/h2,4,10-13,15,21,23H,1,3,5-9H2/t13-,15-/m1/s1. The van der Waals surface area contributed by atoms with Crippen molar-refractivity contribution >= 4 is 16.8 Å². The van der Waals surface area contributed by atoms with Crippen LogP contribution in [0, 0.1) is 11.7 Å². The molecule has 2 aliphatic rings. The number of aromatic amines is 1. The summed E-state index contributed by atoms with van der Waals surface area (Å²) < 4.78 is 13.5. The van der Waals surface area contributed by atoms with Crippen LogP contribution >= 0.6 is 0 Å². The number of aliphatic hydroxyl groups is 1. The molecule has 128 valence electrons. The predicted octanol–water partition coefficient (Wildman–Crippen LogP) is 3.17. The van der Waals surface area contributed by atoms with Crippen LogP contribution in [-0.4, -0.2) is 40.1 Å². The number of halogens is 1. The van der Waals surface area contributed by atoms with Gasteiger partial charge in [-0.2, -0.15) is 0 Å². The first-order valence-corrected chi connectivity index (χ1v) is 8.85. The van der Waals surface area contributed by atoms with E-state index < -0.39 is 0 Å². The van der Waals surface area contributed by atoms with Crippen molar-refractivity contribution in [2.45, 2.75) is 44.1 Å². The molecule has 0 radical (unpaired) electrons. The summed E-state index contributed by atoms with van der Waals surface area (Å²) >= 11 is 0.